The fourth-order valence-electron chi connectivity index (χ4n) is 4.00. The molecule has 2 aromatic rings. The summed E-state index contributed by atoms with van der Waals surface area (Å²) >= 11 is 0. The van der Waals surface area contributed by atoms with Gasteiger partial charge in [0.05, 0.1) is 0 Å². The summed E-state index contributed by atoms with van der Waals surface area (Å²) < 4.78 is 1.60. The van der Waals surface area contributed by atoms with Gasteiger partial charge in [-0.25, -0.2) is 4.79 Å². The largest absolute Gasteiger partial charge is 0.347 e. The van der Waals surface area contributed by atoms with Crippen molar-refractivity contribution in [3.8, 4) is 0 Å². The third-order valence-electron chi connectivity index (χ3n) is 5.45. The lowest BCUT2D eigenvalue weighted by Gasteiger charge is -2.36. The van der Waals surface area contributed by atoms with Crippen LogP contribution < -0.4 is 5.69 Å². The van der Waals surface area contributed by atoms with Crippen LogP contribution in [0.3, 0.4) is 0 Å². The lowest BCUT2D eigenvalue weighted by Crippen LogP contribution is -2.44. The van der Waals surface area contributed by atoms with Gasteiger partial charge >= 0.3 is 5.69 Å². The van der Waals surface area contributed by atoms with Gasteiger partial charge < -0.3 is 4.90 Å². The van der Waals surface area contributed by atoms with Crippen LogP contribution in [0.5, 0.6) is 0 Å². The minimum Gasteiger partial charge on any atom is -0.340 e. The molecule has 5 heteroatoms. The second kappa shape index (κ2) is 8.98. The van der Waals surface area contributed by atoms with Crippen LogP contribution in [0.1, 0.15) is 49.1 Å². The summed E-state index contributed by atoms with van der Waals surface area (Å²) in [4.78, 5) is 31.0. The molecule has 0 radical (unpaired) electrons. The number of hydrogen-bond donors (Lipinski definition) is 0. The van der Waals surface area contributed by atoms with E-state index in [0.717, 1.165) is 43.6 Å². The van der Waals surface area contributed by atoms with Crippen LogP contribution in [-0.4, -0.2) is 32.9 Å². The first-order valence-corrected chi connectivity index (χ1v) is 9.93. The summed E-state index contributed by atoms with van der Waals surface area (Å²) in [7, 11) is 0. The zero-order valence-electron chi connectivity index (χ0n) is 16.4. The van der Waals surface area contributed by atoms with Crippen molar-refractivity contribution in [2.24, 2.45) is 0 Å². The molecule has 1 atom stereocenters. The lowest BCUT2D eigenvalue weighted by molar-refractivity contribution is -0.135. The monoisotopic (exact) mass is 367 g/mol. The van der Waals surface area contributed by atoms with Gasteiger partial charge in [-0.3, -0.25) is 9.36 Å². The maximum Gasteiger partial charge on any atom is 0.347 e. The number of aromatic nitrogens is 2. The van der Waals surface area contributed by atoms with Crippen molar-refractivity contribution in [2.75, 3.05) is 6.54 Å². The molecule has 0 bridgehead atoms. The third-order valence-corrected chi connectivity index (χ3v) is 5.45. The zero-order chi connectivity index (χ0) is 19.2. The molecule has 1 fully saturated rings. The van der Waals surface area contributed by atoms with Crippen LogP contribution in [0.4, 0.5) is 0 Å². The predicted molar refractivity (Wildman–Crippen MR) is 107 cm³/mol. The highest BCUT2D eigenvalue weighted by Gasteiger charge is 2.26. The van der Waals surface area contributed by atoms with Crippen molar-refractivity contribution in [3.63, 3.8) is 0 Å². The van der Waals surface area contributed by atoms with E-state index in [1.807, 2.05) is 26.0 Å². The van der Waals surface area contributed by atoms with Gasteiger partial charge in [0.2, 0.25) is 5.91 Å². The molecule has 0 N–H and O–H groups in total. The molecule has 5 nitrogen and oxygen atoms in total. The van der Waals surface area contributed by atoms with Gasteiger partial charge in [-0.05, 0) is 57.6 Å². The fraction of sp³-hybridized carbons (Fsp3) is 0.500. The van der Waals surface area contributed by atoms with Crippen molar-refractivity contribution in [2.45, 2.75) is 65.0 Å². The van der Waals surface area contributed by atoms with Crippen LogP contribution >= 0.6 is 0 Å². The number of rotatable bonds is 6. The Morgan fingerprint density at radius 1 is 1.19 bits per heavy atom. The molecule has 1 saturated heterocycles. The molecule has 1 aliphatic rings. The van der Waals surface area contributed by atoms with Crippen molar-refractivity contribution >= 4 is 5.91 Å². The Hall–Kier alpha value is -2.43. The summed E-state index contributed by atoms with van der Waals surface area (Å²) in [5.74, 6) is 0.152. The minimum absolute atomic E-state index is 0.152. The minimum atomic E-state index is -0.264. The Kier molecular flexibility index (Phi) is 6.43. The van der Waals surface area contributed by atoms with Gasteiger partial charge in [-0.15, -0.1) is 0 Å². The highest BCUT2D eigenvalue weighted by atomic mass is 16.2. The van der Waals surface area contributed by atoms with Gasteiger partial charge in [0.15, 0.2) is 0 Å². The Morgan fingerprint density at radius 2 is 1.96 bits per heavy atom. The average molecular weight is 367 g/mol. The average Bonchev–Trinajstić information content (AvgIpc) is 2.66. The molecule has 0 spiro atoms. The van der Waals surface area contributed by atoms with Gasteiger partial charge in [-0.1, -0.05) is 30.3 Å². The third kappa shape index (κ3) is 5.06. The Labute approximate surface area is 161 Å². The van der Waals surface area contributed by atoms with E-state index in [2.05, 4.69) is 34.1 Å². The van der Waals surface area contributed by atoms with Crippen molar-refractivity contribution in [3.05, 3.63) is 63.8 Å². The smallest absolute Gasteiger partial charge is 0.340 e. The molecule has 1 aromatic heterocycles. The molecular formula is C22H29N3O2. The maximum atomic E-state index is 12.9. The summed E-state index contributed by atoms with van der Waals surface area (Å²) in [6.45, 7) is 4.94. The first kappa shape index (κ1) is 19.3. The van der Waals surface area contributed by atoms with E-state index in [1.54, 1.807) is 4.57 Å². The number of amides is 1. The summed E-state index contributed by atoms with van der Waals surface area (Å²) in [5.41, 5.74) is 2.64. The van der Waals surface area contributed by atoms with E-state index in [1.165, 1.54) is 12.0 Å². The molecule has 1 unspecified atom stereocenters. The van der Waals surface area contributed by atoms with E-state index in [4.69, 9.17) is 0 Å². The molecule has 2 heterocycles. The number of carbonyl (C=O) groups excluding carboxylic acids is 1. The Morgan fingerprint density at radius 3 is 2.70 bits per heavy atom. The summed E-state index contributed by atoms with van der Waals surface area (Å²) in [6, 6.07) is 12.6. The topological polar surface area (TPSA) is 55.2 Å². The van der Waals surface area contributed by atoms with Crippen molar-refractivity contribution < 1.29 is 4.79 Å². The van der Waals surface area contributed by atoms with E-state index < -0.39 is 0 Å². The normalized spacial score (nSPS) is 17.1. The number of hydrogen-bond acceptors (Lipinski definition) is 3. The first-order chi connectivity index (χ1) is 13.0. The van der Waals surface area contributed by atoms with Crippen LogP contribution in [0.2, 0.25) is 0 Å². The first-order valence-electron chi connectivity index (χ1n) is 9.93. The number of likely N-dealkylation sites (tertiary alicyclic amines) is 1. The van der Waals surface area contributed by atoms with Crippen LogP contribution in [-0.2, 0) is 17.8 Å². The molecule has 0 aliphatic carbocycles. The Balaban J connectivity index is 1.61. The highest BCUT2D eigenvalue weighted by Crippen LogP contribution is 2.22. The van der Waals surface area contributed by atoms with Gasteiger partial charge in [-0.2, -0.15) is 4.98 Å². The molecule has 144 valence electrons. The van der Waals surface area contributed by atoms with Gasteiger partial charge in [0.25, 0.3) is 0 Å². The number of benzene rings is 1. The van der Waals surface area contributed by atoms with E-state index in [9.17, 15) is 9.59 Å². The number of aryl methyl sites for hydroxylation is 3. The van der Waals surface area contributed by atoms with Crippen LogP contribution in [0.15, 0.2) is 41.2 Å². The molecule has 27 heavy (non-hydrogen) atoms. The quantitative estimate of drug-likeness (QED) is 0.787. The fourth-order valence-corrected chi connectivity index (χ4v) is 4.00. The molecule has 1 aliphatic heterocycles. The molecule has 3 rings (SSSR count). The molecule has 0 saturated carbocycles. The van der Waals surface area contributed by atoms with Crippen molar-refractivity contribution in [1.29, 1.82) is 0 Å². The zero-order valence-corrected chi connectivity index (χ0v) is 16.4. The van der Waals surface area contributed by atoms with Gasteiger partial charge in [0, 0.05) is 36.9 Å². The highest BCUT2D eigenvalue weighted by molar-refractivity contribution is 5.76. The standard InChI is InChI=1S/C22H29N3O2/c1-17-16-18(2)24(22(27)23-17)15-13-21(26)25-14-7-6-10-20(25)12-11-19-8-4-3-5-9-19/h3-5,8-9,16,20H,6-7,10-15H2,1-2H3. The number of piperidine rings is 1. The SMILES string of the molecule is Cc1cc(C)n(CCC(=O)N2CCCCC2CCc2ccccc2)c(=O)n1. The van der Waals surface area contributed by atoms with E-state index in [0.29, 0.717) is 19.0 Å². The lowest BCUT2D eigenvalue weighted by atomic mass is 9.95. The maximum absolute atomic E-state index is 12.9. The number of nitrogens with zero attached hydrogens (tertiary/aromatic N) is 3. The Bertz CT molecular complexity index is 829. The van der Waals surface area contributed by atoms with Crippen molar-refractivity contribution in [1.82, 2.24) is 14.5 Å². The van der Waals surface area contributed by atoms with Gasteiger partial charge in [0.1, 0.15) is 0 Å². The van der Waals surface area contributed by atoms with E-state index in [-0.39, 0.29) is 11.6 Å². The summed E-state index contributed by atoms with van der Waals surface area (Å²) in [5, 5.41) is 0. The number of carbonyl (C=O) groups is 1. The predicted octanol–water partition coefficient (Wildman–Crippen LogP) is 3.26. The molecular weight excluding hydrogens is 338 g/mol. The van der Waals surface area contributed by atoms with Crippen LogP contribution in [0, 0.1) is 13.8 Å². The second-order valence-corrected chi connectivity index (χ2v) is 7.48. The summed E-state index contributed by atoms with van der Waals surface area (Å²) in [6.07, 6.45) is 5.68. The molecule has 1 amide bonds. The van der Waals surface area contributed by atoms with E-state index >= 15 is 0 Å². The second-order valence-electron chi connectivity index (χ2n) is 7.48. The molecule has 1 aromatic carbocycles. The van der Waals surface area contributed by atoms with Crippen LogP contribution in [0.25, 0.3) is 0 Å².